The van der Waals surface area contributed by atoms with Gasteiger partial charge in [-0.05, 0) is 66.4 Å². The number of ether oxygens (including phenoxy) is 2. The fraction of sp³-hybridized carbons (Fsp3) is 0.300. The molecular formula is C30H30N2O5S. The van der Waals surface area contributed by atoms with Gasteiger partial charge in [0.2, 0.25) is 5.91 Å². The molecule has 7 nitrogen and oxygen atoms in total. The van der Waals surface area contributed by atoms with Crippen LogP contribution in [0.5, 0.6) is 11.5 Å². The predicted octanol–water partition coefficient (Wildman–Crippen LogP) is 6.44. The number of hydrogen-bond acceptors (Lipinski definition) is 7. The first-order chi connectivity index (χ1) is 18.6. The van der Waals surface area contributed by atoms with Gasteiger partial charge in [-0.1, -0.05) is 61.0 Å². The summed E-state index contributed by atoms with van der Waals surface area (Å²) in [6.07, 6.45) is 4.28. The highest BCUT2D eigenvalue weighted by molar-refractivity contribution is 8.15. The Labute approximate surface area is 225 Å². The first-order valence-corrected chi connectivity index (χ1v) is 13.8. The molecule has 2 amide bonds. The van der Waals surface area contributed by atoms with E-state index in [0.29, 0.717) is 25.4 Å². The van der Waals surface area contributed by atoms with Gasteiger partial charge >= 0.3 is 0 Å². The summed E-state index contributed by atoms with van der Waals surface area (Å²) in [5.74, 6) is 1.26. The van der Waals surface area contributed by atoms with Crippen molar-refractivity contribution in [2.45, 2.75) is 44.3 Å². The van der Waals surface area contributed by atoms with E-state index < -0.39 is 5.25 Å². The van der Waals surface area contributed by atoms with Crippen LogP contribution < -0.4 is 14.8 Å². The van der Waals surface area contributed by atoms with E-state index in [0.717, 1.165) is 71.0 Å². The summed E-state index contributed by atoms with van der Waals surface area (Å²) in [5.41, 5.74) is 4.92. The van der Waals surface area contributed by atoms with Crippen molar-refractivity contribution in [1.82, 2.24) is 10.5 Å². The molecule has 1 aromatic heterocycles. The molecule has 0 saturated carbocycles. The average Bonchev–Trinajstić information content (AvgIpc) is 3.51. The van der Waals surface area contributed by atoms with Crippen LogP contribution in [0.4, 0.5) is 4.79 Å². The number of benzene rings is 3. The highest BCUT2D eigenvalue weighted by Gasteiger charge is 2.32. The normalized spacial score (nSPS) is 15.1. The monoisotopic (exact) mass is 530 g/mol. The molecule has 0 aliphatic carbocycles. The second-order valence-electron chi connectivity index (χ2n) is 9.18. The highest BCUT2D eigenvalue weighted by Crippen LogP contribution is 2.35. The summed E-state index contributed by atoms with van der Waals surface area (Å²) in [7, 11) is 0. The molecule has 8 heteroatoms. The Morgan fingerprint density at radius 1 is 0.921 bits per heavy atom. The summed E-state index contributed by atoms with van der Waals surface area (Å²) in [6.45, 7) is 3.15. The van der Waals surface area contributed by atoms with Crippen molar-refractivity contribution < 1.29 is 23.6 Å². The fourth-order valence-corrected chi connectivity index (χ4v) is 5.38. The summed E-state index contributed by atoms with van der Waals surface area (Å²) in [4.78, 5) is 23.2. The van der Waals surface area contributed by atoms with Crippen molar-refractivity contribution in [2.24, 2.45) is 0 Å². The zero-order chi connectivity index (χ0) is 26.3. The summed E-state index contributed by atoms with van der Waals surface area (Å²) >= 11 is 0.995. The Hall–Kier alpha value is -3.78. The molecular weight excluding hydrogens is 500 g/mol. The smallest absolute Gasteiger partial charge is 0.286 e. The number of aryl methyl sites for hydroxylation is 3. The molecule has 3 aromatic carbocycles. The van der Waals surface area contributed by atoms with Crippen LogP contribution >= 0.6 is 11.8 Å². The van der Waals surface area contributed by atoms with Crippen molar-refractivity contribution in [3.05, 3.63) is 89.1 Å². The van der Waals surface area contributed by atoms with E-state index in [1.165, 1.54) is 5.56 Å². The number of aromatic nitrogens is 1. The van der Waals surface area contributed by atoms with Crippen molar-refractivity contribution >= 4 is 33.9 Å². The molecule has 1 saturated heterocycles. The van der Waals surface area contributed by atoms with Crippen LogP contribution in [-0.2, 0) is 24.1 Å². The molecule has 1 fully saturated rings. The quantitative estimate of drug-likeness (QED) is 0.211. The Morgan fingerprint density at radius 3 is 2.45 bits per heavy atom. The van der Waals surface area contributed by atoms with Gasteiger partial charge in [-0.15, -0.1) is 0 Å². The van der Waals surface area contributed by atoms with Gasteiger partial charge in [0.25, 0.3) is 5.24 Å². The number of nitrogens with one attached hydrogen (secondary N) is 1. The van der Waals surface area contributed by atoms with Crippen LogP contribution in [0.15, 0.2) is 71.3 Å². The van der Waals surface area contributed by atoms with Gasteiger partial charge < -0.3 is 14.0 Å². The van der Waals surface area contributed by atoms with Crippen LogP contribution in [0.25, 0.3) is 11.0 Å². The molecule has 1 N–H and O–H groups in total. The minimum Gasteiger partial charge on any atom is -0.493 e. The lowest BCUT2D eigenvalue weighted by molar-refractivity contribution is -0.119. The molecule has 0 radical (unpaired) electrons. The van der Waals surface area contributed by atoms with Gasteiger partial charge in [-0.3, -0.25) is 14.9 Å². The topological polar surface area (TPSA) is 90.7 Å². The van der Waals surface area contributed by atoms with Crippen LogP contribution in [0.1, 0.15) is 47.4 Å². The average molecular weight is 531 g/mol. The number of carbonyl (C=O) groups excluding carboxylic acids is 2. The number of carbonyl (C=O) groups is 2. The van der Waals surface area contributed by atoms with E-state index in [9.17, 15) is 9.59 Å². The second kappa shape index (κ2) is 12.2. The van der Waals surface area contributed by atoms with Crippen LogP contribution in [0, 0.1) is 0 Å². The molecule has 1 aliphatic rings. The highest BCUT2D eigenvalue weighted by atomic mass is 32.2. The molecule has 196 valence electrons. The minimum atomic E-state index is -0.496. The third-order valence-electron chi connectivity index (χ3n) is 6.45. The number of thioether (sulfide) groups is 1. The predicted molar refractivity (Wildman–Crippen MR) is 148 cm³/mol. The number of amides is 2. The lowest BCUT2D eigenvalue weighted by Gasteiger charge is -2.12. The minimum absolute atomic E-state index is 0.278. The Bertz CT molecular complexity index is 1400. The Kier molecular flexibility index (Phi) is 8.28. The number of rotatable bonds is 12. The molecule has 0 bridgehead atoms. The van der Waals surface area contributed by atoms with Gasteiger partial charge in [0.05, 0.1) is 18.9 Å². The maximum Gasteiger partial charge on any atom is 0.286 e. The molecule has 1 aliphatic heterocycles. The van der Waals surface area contributed by atoms with Gasteiger partial charge in [-0.25, -0.2) is 0 Å². The Morgan fingerprint density at radius 2 is 1.71 bits per heavy atom. The largest absolute Gasteiger partial charge is 0.493 e. The van der Waals surface area contributed by atoms with E-state index >= 15 is 0 Å². The lowest BCUT2D eigenvalue weighted by atomic mass is 10.0. The molecule has 4 aromatic rings. The summed E-state index contributed by atoms with van der Waals surface area (Å²) < 4.78 is 17.8. The number of imide groups is 1. The van der Waals surface area contributed by atoms with Crippen molar-refractivity contribution in [3.63, 3.8) is 0 Å². The molecule has 0 spiro atoms. The van der Waals surface area contributed by atoms with Crippen molar-refractivity contribution in [3.8, 4) is 11.5 Å². The van der Waals surface area contributed by atoms with E-state index in [4.69, 9.17) is 14.0 Å². The SMILES string of the molecule is CCCc1c(OCCCOc2ccc(C3SC(=O)NC3=O)cc2)ccc2c(CCc3ccccc3)noc12. The second-order valence-corrected chi connectivity index (χ2v) is 10.3. The third-order valence-corrected chi connectivity index (χ3v) is 7.49. The maximum absolute atomic E-state index is 11.8. The van der Waals surface area contributed by atoms with Gasteiger partial charge in [-0.2, -0.15) is 0 Å². The third kappa shape index (κ3) is 6.02. The molecule has 38 heavy (non-hydrogen) atoms. The zero-order valence-electron chi connectivity index (χ0n) is 21.3. The van der Waals surface area contributed by atoms with E-state index in [1.54, 1.807) is 0 Å². The number of nitrogens with zero attached hydrogens (tertiary/aromatic N) is 1. The zero-order valence-corrected chi connectivity index (χ0v) is 22.1. The first kappa shape index (κ1) is 25.9. The number of hydrogen-bond donors (Lipinski definition) is 1. The molecule has 1 unspecified atom stereocenters. The van der Waals surface area contributed by atoms with E-state index in [2.05, 4.69) is 47.7 Å². The standard InChI is InChI=1S/C30H30N2O5S/c1-2-7-24-26(17-15-23-25(32-37-27(23)24)16-10-20-8-4-3-5-9-20)36-19-6-18-35-22-13-11-21(12-14-22)28-29(33)31-30(34)38-28/h3-5,8-9,11-15,17,28H,2,6-7,10,16,18-19H2,1H3,(H,31,33,34). The fourth-order valence-electron chi connectivity index (χ4n) is 4.55. The van der Waals surface area contributed by atoms with Crippen LogP contribution in [0.2, 0.25) is 0 Å². The number of fused-ring (bicyclic) bond motifs is 1. The van der Waals surface area contributed by atoms with Gasteiger partial charge in [0.15, 0.2) is 5.58 Å². The molecule has 2 heterocycles. The van der Waals surface area contributed by atoms with Crippen LogP contribution in [-0.4, -0.2) is 29.5 Å². The molecule has 1 atom stereocenters. The Balaban J connectivity index is 1.14. The van der Waals surface area contributed by atoms with Gasteiger partial charge in [0, 0.05) is 17.4 Å². The van der Waals surface area contributed by atoms with Crippen molar-refractivity contribution in [2.75, 3.05) is 13.2 Å². The van der Waals surface area contributed by atoms with E-state index in [1.807, 2.05) is 36.4 Å². The van der Waals surface area contributed by atoms with Gasteiger partial charge in [0.1, 0.15) is 16.7 Å². The van der Waals surface area contributed by atoms with Crippen molar-refractivity contribution in [1.29, 1.82) is 0 Å². The molecule has 5 rings (SSSR count). The van der Waals surface area contributed by atoms with Crippen LogP contribution in [0.3, 0.4) is 0 Å². The van der Waals surface area contributed by atoms with E-state index in [-0.39, 0.29) is 11.1 Å². The lowest BCUT2D eigenvalue weighted by Crippen LogP contribution is -2.20. The first-order valence-electron chi connectivity index (χ1n) is 12.9. The maximum atomic E-state index is 11.8. The summed E-state index contributed by atoms with van der Waals surface area (Å²) in [5, 5.41) is 6.94. The summed E-state index contributed by atoms with van der Waals surface area (Å²) in [6, 6.07) is 21.8.